The molecule has 0 aliphatic carbocycles. The summed E-state index contributed by atoms with van der Waals surface area (Å²) in [5.41, 5.74) is 0. The summed E-state index contributed by atoms with van der Waals surface area (Å²) in [4.78, 5) is 36.9. The highest BCUT2D eigenvalue weighted by Crippen LogP contribution is 2.15. The molecule has 0 spiro atoms. The van der Waals surface area contributed by atoms with E-state index in [1.807, 2.05) is 0 Å². The quantitative estimate of drug-likeness (QED) is 0.0261. The number of aliphatic carboxylic acids is 1. The van der Waals surface area contributed by atoms with E-state index in [2.05, 4.69) is 50.3 Å². The summed E-state index contributed by atoms with van der Waals surface area (Å²) < 4.78 is 17.2. The van der Waals surface area contributed by atoms with Crippen LogP contribution in [-0.4, -0.2) is 75.5 Å². The van der Waals surface area contributed by atoms with Gasteiger partial charge in [-0.15, -0.1) is 0 Å². The van der Waals surface area contributed by atoms with E-state index in [1.165, 1.54) is 109 Å². The summed E-state index contributed by atoms with van der Waals surface area (Å²) in [7, 11) is 5.40. The van der Waals surface area contributed by atoms with Gasteiger partial charge in [-0.05, 0) is 64.2 Å². The maximum atomic E-state index is 12.7. The molecular weight excluding hydrogens is 727 g/mol. The fraction of sp³-hybridized carbons (Fsp3) is 0.820. The summed E-state index contributed by atoms with van der Waals surface area (Å²) in [6.45, 7) is 4.55. The van der Waals surface area contributed by atoms with Crippen molar-refractivity contribution >= 4 is 17.9 Å². The molecule has 0 aromatic carbocycles. The lowest BCUT2D eigenvalue weighted by Crippen LogP contribution is -2.55. The van der Waals surface area contributed by atoms with Gasteiger partial charge >= 0.3 is 11.9 Å². The third kappa shape index (κ3) is 39.0. The Labute approximate surface area is 357 Å². The SMILES string of the molecule is CC/C=C/C/C=C/CCCCCCCC(=O)OC(COCCC(C(=O)[O-])[N+](C)(C)C)COC(=O)CCCCCCCCC/C=C/CCCCCCCCCCCCC. The molecule has 2 unspecified atom stereocenters. The smallest absolute Gasteiger partial charge is 0.306 e. The molecule has 0 rings (SSSR count). The van der Waals surface area contributed by atoms with Gasteiger partial charge in [-0.25, -0.2) is 0 Å². The second-order valence-electron chi connectivity index (χ2n) is 17.3. The van der Waals surface area contributed by atoms with Crippen molar-refractivity contribution in [3.8, 4) is 0 Å². The molecule has 0 N–H and O–H groups in total. The number of allylic oxidation sites excluding steroid dienone is 6. The Morgan fingerprint density at radius 3 is 1.43 bits per heavy atom. The van der Waals surface area contributed by atoms with Crippen LogP contribution in [-0.2, 0) is 28.6 Å². The van der Waals surface area contributed by atoms with E-state index < -0.39 is 18.1 Å². The molecule has 338 valence electrons. The van der Waals surface area contributed by atoms with Crippen molar-refractivity contribution in [2.24, 2.45) is 0 Å². The van der Waals surface area contributed by atoms with E-state index in [1.54, 1.807) is 21.1 Å². The lowest BCUT2D eigenvalue weighted by atomic mass is 10.0. The molecule has 8 heteroatoms. The van der Waals surface area contributed by atoms with E-state index in [0.29, 0.717) is 12.8 Å². The van der Waals surface area contributed by atoms with Gasteiger partial charge in [0.1, 0.15) is 12.6 Å². The van der Waals surface area contributed by atoms with Gasteiger partial charge < -0.3 is 28.6 Å². The maximum absolute atomic E-state index is 12.7. The Hall–Kier alpha value is -2.45. The van der Waals surface area contributed by atoms with E-state index in [0.717, 1.165) is 70.6 Å². The number of rotatable bonds is 43. The zero-order valence-electron chi connectivity index (χ0n) is 38.5. The summed E-state index contributed by atoms with van der Waals surface area (Å²) in [5.74, 6) is -1.75. The van der Waals surface area contributed by atoms with Gasteiger partial charge in [0.15, 0.2) is 6.10 Å². The van der Waals surface area contributed by atoms with Gasteiger partial charge in [0, 0.05) is 19.3 Å². The second-order valence-corrected chi connectivity index (χ2v) is 17.3. The van der Waals surface area contributed by atoms with Crippen LogP contribution in [0.15, 0.2) is 36.5 Å². The highest BCUT2D eigenvalue weighted by atomic mass is 16.6. The first kappa shape index (κ1) is 55.5. The van der Waals surface area contributed by atoms with Crippen LogP contribution in [0.3, 0.4) is 0 Å². The number of unbranched alkanes of at least 4 members (excludes halogenated alkanes) is 23. The predicted molar refractivity (Wildman–Crippen MR) is 240 cm³/mol. The zero-order valence-corrected chi connectivity index (χ0v) is 38.5. The van der Waals surface area contributed by atoms with Crippen LogP contribution in [0.25, 0.3) is 0 Å². The van der Waals surface area contributed by atoms with Crippen LogP contribution in [0.1, 0.15) is 213 Å². The monoisotopic (exact) mass is 818 g/mol. The standard InChI is InChI=1S/C50H91NO7/c1-6-8-10-12-14-16-18-20-21-22-23-24-25-26-27-28-29-31-32-34-36-38-40-48(52)57-45-46(44-56-43-42-47(50(54)55)51(3,4)5)58-49(53)41-39-37-35-33-30-19-17-15-13-11-9-7-2/h9,11,15,17,25-26,46-47H,6-8,10,12-14,16,18-24,27-45H2,1-5H3/b11-9+,17-15+,26-25+. The van der Waals surface area contributed by atoms with Crippen LogP contribution in [0.4, 0.5) is 0 Å². The highest BCUT2D eigenvalue weighted by Gasteiger charge is 2.25. The van der Waals surface area contributed by atoms with Crippen molar-refractivity contribution in [3.63, 3.8) is 0 Å². The first-order chi connectivity index (χ1) is 28.1. The summed E-state index contributed by atoms with van der Waals surface area (Å²) in [6.07, 6.45) is 47.5. The van der Waals surface area contributed by atoms with Crippen molar-refractivity contribution in [2.75, 3.05) is 41.0 Å². The zero-order chi connectivity index (χ0) is 42.8. The topological polar surface area (TPSA) is 102 Å². The Kier molecular flexibility index (Phi) is 39.5. The molecule has 0 bridgehead atoms. The number of likely N-dealkylation sites (N-methyl/N-ethyl adjacent to an activating group) is 1. The Morgan fingerprint density at radius 1 is 0.534 bits per heavy atom. The second kappa shape index (κ2) is 41.3. The molecule has 0 amide bonds. The molecule has 58 heavy (non-hydrogen) atoms. The molecule has 0 radical (unpaired) electrons. The summed E-state index contributed by atoms with van der Waals surface area (Å²) >= 11 is 0. The van der Waals surface area contributed by atoms with Crippen molar-refractivity contribution in [1.82, 2.24) is 0 Å². The number of carbonyl (C=O) groups excluding carboxylic acids is 3. The predicted octanol–water partition coefficient (Wildman–Crippen LogP) is 12.1. The number of hydrogen-bond acceptors (Lipinski definition) is 7. The average molecular weight is 818 g/mol. The average Bonchev–Trinajstić information content (AvgIpc) is 3.18. The Morgan fingerprint density at radius 2 is 0.966 bits per heavy atom. The fourth-order valence-electron chi connectivity index (χ4n) is 7.05. The molecule has 0 heterocycles. The molecule has 0 saturated heterocycles. The first-order valence-corrected chi connectivity index (χ1v) is 24.0. The number of ether oxygens (including phenoxy) is 3. The summed E-state index contributed by atoms with van der Waals surface area (Å²) in [5, 5.41) is 11.6. The van der Waals surface area contributed by atoms with Gasteiger partial charge in [0.25, 0.3) is 0 Å². The molecular formula is C50H91NO7. The van der Waals surface area contributed by atoms with E-state index in [9.17, 15) is 19.5 Å². The minimum Gasteiger partial charge on any atom is -0.544 e. The largest absolute Gasteiger partial charge is 0.544 e. The van der Waals surface area contributed by atoms with E-state index in [4.69, 9.17) is 14.2 Å². The molecule has 0 fully saturated rings. The van der Waals surface area contributed by atoms with Crippen LogP contribution >= 0.6 is 0 Å². The van der Waals surface area contributed by atoms with Gasteiger partial charge in [-0.3, -0.25) is 9.59 Å². The van der Waals surface area contributed by atoms with Gasteiger partial charge in [0.05, 0.1) is 40.3 Å². The Balaban J connectivity index is 4.21. The highest BCUT2D eigenvalue weighted by molar-refractivity contribution is 5.70. The third-order valence-corrected chi connectivity index (χ3v) is 10.8. The van der Waals surface area contributed by atoms with Crippen LogP contribution in [0.5, 0.6) is 0 Å². The number of hydrogen-bond donors (Lipinski definition) is 0. The minimum absolute atomic E-state index is 0.0346. The van der Waals surface area contributed by atoms with Gasteiger partial charge in [-0.2, -0.15) is 0 Å². The lowest BCUT2D eigenvalue weighted by Gasteiger charge is -2.34. The molecule has 0 saturated carbocycles. The number of carboxylic acid groups (broad SMARTS) is 1. The van der Waals surface area contributed by atoms with Crippen LogP contribution < -0.4 is 5.11 Å². The van der Waals surface area contributed by atoms with Crippen molar-refractivity contribution in [1.29, 1.82) is 0 Å². The Bertz CT molecular complexity index is 1050. The van der Waals surface area contributed by atoms with Crippen molar-refractivity contribution in [2.45, 2.75) is 225 Å². The number of carboxylic acids is 1. The van der Waals surface area contributed by atoms with Crippen molar-refractivity contribution < 1.29 is 38.2 Å². The van der Waals surface area contributed by atoms with E-state index in [-0.39, 0.29) is 42.7 Å². The first-order valence-electron chi connectivity index (χ1n) is 24.0. The number of quaternary nitrogens is 1. The number of nitrogens with zero attached hydrogens (tertiary/aromatic N) is 1. The molecule has 0 aromatic rings. The minimum atomic E-state index is -1.13. The third-order valence-electron chi connectivity index (χ3n) is 10.8. The van der Waals surface area contributed by atoms with E-state index >= 15 is 0 Å². The molecule has 8 nitrogen and oxygen atoms in total. The van der Waals surface area contributed by atoms with Crippen molar-refractivity contribution in [3.05, 3.63) is 36.5 Å². The lowest BCUT2D eigenvalue weighted by molar-refractivity contribution is -0.889. The normalized spacial score (nSPS) is 13.2. The number of esters is 2. The molecule has 0 aliphatic rings. The van der Waals surface area contributed by atoms with Crippen LogP contribution in [0.2, 0.25) is 0 Å². The van der Waals surface area contributed by atoms with Crippen LogP contribution in [0, 0.1) is 0 Å². The fourth-order valence-corrected chi connectivity index (χ4v) is 7.05. The number of carbonyl (C=O) groups is 3. The maximum Gasteiger partial charge on any atom is 0.306 e. The molecule has 2 atom stereocenters. The summed E-state index contributed by atoms with van der Waals surface area (Å²) in [6, 6.07) is -0.728. The molecule has 0 aromatic heterocycles. The molecule has 0 aliphatic heterocycles. The van der Waals surface area contributed by atoms with Gasteiger partial charge in [0.2, 0.25) is 0 Å². The van der Waals surface area contributed by atoms with Gasteiger partial charge in [-0.1, -0.05) is 166 Å².